The molecule has 134 valence electrons. The van der Waals surface area contributed by atoms with E-state index in [1.807, 2.05) is 0 Å². The second-order valence-electron chi connectivity index (χ2n) is 6.40. The van der Waals surface area contributed by atoms with Crippen LogP contribution < -0.4 is 5.32 Å². The Morgan fingerprint density at radius 2 is 1.83 bits per heavy atom. The summed E-state index contributed by atoms with van der Waals surface area (Å²) in [5.41, 5.74) is 1.23. The van der Waals surface area contributed by atoms with E-state index < -0.39 is 10.0 Å². The second kappa shape index (κ2) is 8.60. The Hall–Kier alpha value is -1.44. The lowest BCUT2D eigenvalue weighted by Gasteiger charge is -2.26. The van der Waals surface area contributed by atoms with Crippen LogP contribution in [-0.2, 0) is 20.5 Å². The Morgan fingerprint density at radius 1 is 1.21 bits per heavy atom. The van der Waals surface area contributed by atoms with Crippen LogP contribution in [0.4, 0.5) is 0 Å². The zero-order valence-corrected chi connectivity index (χ0v) is 15.1. The van der Waals surface area contributed by atoms with Crippen LogP contribution in [0.5, 0.6) is 0 Å². The van der Waals surface area contributed by atoms with Gasteiger partial charge in [0.15, 0.2) is 0 Å². The number of carbonyl (C=O) groups excluding carboxylic acids is 1. The number of rotatable bonds is 7. The average molecular weight is 354 g/mol. The van der Waals surface area contributed by atoms with E-state index in [9.17, 15) is 13.2 Å². The predicted octanol–water partition coefficient (Wildman–Crippen LogP) is 1.62. The monoisotopic (exact) mass is 354 g/mol. The number of sulfonamides is 1. The lowest BCUT2D eigenvalue weighted by Crippen LogP contribution is -2.41. The highest BCUT2D eigenvalue weighted by atomic mass is 32.2. The Balaban J connectivity index is 1.92. The molecule has 1 amide bonds. The van der Waals surface area contributed by atoms with Crippen molar-refractivity contribution in [2.75, 3.05) is 32.8 Å². The molecule has 1 N–H and O–H groups in total. The van der Waals surface area contributed by atoms with E-state index in [2.05, 4.69) is 19.2 Å². The van der Waals surface area contributed by atoms with E-state index >= 15 is 0 Å². The third-order valence-corrected chi connectivity index (χ3v) is 5.79. The summed E-state index contributed by atoms with van der Waals surface area (Å²) in [7, 11) is -3.34. The standard InChI is InChI=1S/C17H26N2O4S/c1-14(2)7-8-18-17(20)16-5-3-15(4-6-16)13-24(21,22)19-9-11-23-12-10-19/h3-6,14H,7-13H2,1-2H3,(H,18,20). The number of ether oxygens (including phenoxy) is 1. The Bertz CT molecular complexity index is 635. The van der Waals surface area contributed by atoms with E-state index in [-0.39, 0.29) is 11.7 Å². The van der Waals surface area contributed by atoms with Gasteiger partial charge in [-0.25, -0.2) is 8.42 Å². The summed E-state index contributed by atoms with van der Waals surface area (Å²) in [5, 5.41) is 2.87. The molecule has 6 nitrogen and oxygen atoms in total. The number of hydrogen-bond donors (Lipinski definition) is 1. The molecule has 1 aliphatic heterocycles. The van der Waals surface area contributed by atoms with Crippen molar-refractivity contribution in [3.8, 4) is 0 Å². The zero-order chi connectivity index (χ0) is 17.6. The molecule has 24 heavy (non-hydrogen) atoms. The van der Waals surface area contributed by atoms with Crippen molar-refractivity contribution in [2.45, 2.75) is 26.0 Å². The summed E-state index contributed by atoms with van der Waals surface area (Å²) in [6.45, 7) is 6.54. The fraction of sp³-hybridized carbons (Fsp3) is 0.588. The van der Waals surface area contributed by atoms with Crippen molar-refractivity contribution in [2.24, 2.45) is 5.92 Å². The molecule has 2 rings (SSSR count). The molecule has 0 atom stereocenters. The van der Waals surface area contributed by atoms with E-state index in [4.69, 9.17) is 4.74 Å². The predicted molar refractivity (Wildman–Crippen MR) is 93.2 cm³/mol. The molecule has 0 aromatic heterocycles. The third-order valence-electron chi connectivity index (χ3n) is 3.94. The van der Waals surface area contributed by atoms with Gasteiger partial charge >= 0.3 is 0 Å². The van der Waals surface area contributed by atoms with Crippen LogP contribution in [0.2, 0.25) is 0 Å². The quantitative estimate of drug-likeness (QED) is 0.807. The fourth-order valence-electron chi connectivity index (χ4n) is 2.46. The highest BCUT2D eigenvalue weighted by Gasteiger charge is 2.24. The van der Waals surface area contributed by atoms with E-state index in [1.54, 1.807) is 24.3 Å². The van der Waals surface area contributed by atoms with E-state index in [1.165, 1.54) is 4.31 Å². The second-order valence-corrected chi connectivity index (χ2v) is 8.37. The molecule has 1 aliphatic rings. The summed E-state index contributed by atoms with van der Waals surface area (Å²) in [6.07, 6.45) is 0.932. The van der Waals surface area contributed by atoms with Gasteiger partial charge in [0.1, 0.15) is 0 Å². The summed E-state index contributed by atoms with van der Waals surface area (Å²) in [5.74, 6) is 0.360. The van der Waals surface area contributed by atoms with E-state index in [0.29, 0.717) is 49.9 Å². The minimum Gasteiger partial charge on any atom is -0.379 e. The van der Waals surface area contributed by atoms with Crippen molar-refractivity contribution in [3.63, 3.8) is 0 Å². The minimum atomic E-state index is -3.34. The molecule has 7 heteroatoms. The van der Waals surface area contributed by atoms with Crippen LogP contribution in [0.1, 0.15) is 36.2 Å². The minimum absolute atomic E-state index is 0.0533. The van der Waals surface area contributed by atoms with Gasteiger partial charge in [-0.2, -0.15) is 4.31 Å². The SMILES string of the molecule is CC(C)CCNC(=O)c1ccc(CS(=O)(=O)N2CCOCC2)cc1. The highest BCUT2D eigenvalue weighted by Crippen LogP contribution is 2.13. The van der Waals surface area contributed by atoms with Crippen LogP contribution in [-0.4, -0.2) is 51.5 Å². The van der Waals surface area contributed by atoms with Crippen LogP contribution >= 0.6 is 0 Å². The molecule has 0 saturated carbocycles. The maximum absolute atomic E-state index is 12.4. The first-order valence-electron chi connectivity index (χ1n) is 8.31. The molecule has 1 aromatic rings. The summed E-state index contributed by atoms with van der Waals surface area (Å²) < 4.78 is 31.4. The summed E-state index contributed by atoms with van der Waals surface area (Å²) >= 11 is 0. The molecule has 1 aromatic carbocycles. The zero-order valence-electron chi connectivity index (χ0n) is 14.3. The smallest absolute Gasteiger partial charge is 0.251 e. The van der Waals surface area contributed by atoms with Crippen molar-refractivity contribution in [1.29, 1.82) is 0 Å². The van der Waals surface area contributed by atoms with Crippen molar-refractivity contribution >= 4 is 15.9 Å². The van der Waals surface area contributed by atoms with Gasteiger partial charge in [-0.3, -0.25) is 4.79 Å². The first-order chi connectivity index (χ1) is 11.4. The first kappa shape index (κ1) is 18.9. The molecule has 0 spiro atoms. The number of benzene rings is 1. The summed E-state index contributed by atoms with van der Waals surface area (Å²) in [4.78, 5) is 12.0. The topological polar surface area (TPSA) is 75.7 Å². The van der Waals surface area contributed by atoms with Gasteiger partial charge in [0.25, 0.3) is 5.91 Å². The van der Waals surface area contributed by atoms with Crippen LogP contribution in [0.25, 0.3) is 0 Å². The molecule has 0 radical (unpaired) electrons. The highest BCUT2D eigenvalue weighted by molar-refractivity contribution is 7.88. The molecule has 1 fully saturated rings. The van der Waals surface area contributed by atoms with Gasteiger partial charge in [0, 0.05) is 25.2 Å². The number of morpholine rings is 1. The van der Waals surface area contributed by atoms with Gasteiger partial charge in [0.05, 0.1) is 19.0 Å². The van der Waals surface area contributed by atoms with E-state index in [0.717, 1.165) is 6.42 Å². The third kappa shape index (κ3) is 5.58. The largest absolute Gasteiger partial charge is 0.379 e. The van der Waals surface area contributed by atoms with Gasteiger partial charge in [0.2, 0.25) is 10.0 Å². The molecule has 0 bridgehead atoms. The number of carbonyl (C=O) groups is 1. The lowest BCUT2D eigenvalue weighted by molar-refractivity contribution is 0.0729. The van der Waals surface area contributed by atoms with Crippen molar-refractivity contribution < 1.29 is 17.9 Å². The van der Waals surface area contributed by atoms with Gasteiger partial charge < -0.3 is 10.1 Å². The molecular weight excluding hydrogens is 328 g/mol. The Kier molecular flexibility index (Phi) is 6.77. The van der Waals surface area contributed by atoms with Crippen molar-refractivity contribution in [3.05, 3.63) is 35.4 Å². The molecular formula is C17H26N2O4S. The number of nitrogens with one attached hydrogen (secondary N) is 1. The van der Waals surface area contributed by atoms with Crippen LogP contribution in [0.15, 0.2) is 24.3 Å². The number of nitrogens with zero attached hydrogens (tertiary/aromatic N) is 1. The maximum atomic E-state index is 12.4. The maximum Gasteiger partial charge on any atom is 0.251 e. The van der Waals surface area contributed by atoms with Gasteiger partial charge in [-0.1, -0.05) is 26.0 Å². The molecule has 0 unspecified atom stereocenters. The van der Waals surface area contributed by atoms with Crippen molar-refractivity contribution in [1.82, 2.24) is 9.62 Å². The number of hydrogen-bond acceptors (Lipinski definition) is 4. The lowest BCUT2D eigenvalue weighted by atomic mass is 10.1. The normalized spacial score (nSPS) is 16.3. The summed E-state index contributed by atoms with van der Waals surface area (Å²) in [6, 6.07) is 6.76. The average Bonchev–Trinajstić information content (AvgIpc) is 2.55. The molecule has 1 heterocycles. The first-order valence-corrected chi connectivity index (χ1v) is 9.92. The Morgan fingerprint density at radius 3 is 2.42 bits per heavy atom. The fourth-order valence-corrected chi connectivity index (χ4v) is 3.96. The Labute approximate surface area is 144 Å². The molecule has 0 aliphatic carbocycles. The van der Waals surface area contributed by atoms with Gasteiger partial charge in [-0.05, 0) is 30.0 Å². The number of amides is 1. The van der Waals surface area contributed by atoms with Crippen LogP contribution in [0, 0.1) is 5.92 Å². The molecule has 1 saturated heterocycles. The van der Waals surface area contributed by atoms with Crippen LogP contribution in [0.3, 0.4) is 0 Å². The van der Waals surface area contributed by atoms with Gasteiger partial charge in [-0.15, -0.1) is 0 Å².